The van der Waals surface area contributed by atoms with Crippen LogP contribution in [0.4, 0.5) is 0 Å². The molecule has 18 heavy (non-hydrogen) atoms. The highest BCUT2D eigenvalue weighted by atomic mass is 16.5. The third kappa shape index (κ3) is 6.06. The van der Waals surface area contributed by atoms with Gasteiger partial charge in [-0.2, -0.15) is 0 Å². The number of hydrogen-bond donors (Lipinski definition) is 1. The zero-order valence-corrected chi connectivity index (χ0v) is 12.2. The van der Waals surface area contributed by atoms with Crippen LogP contribution in [0.5, 0.6) is 5.75 Å². The lowest BCUT2D eigenvalue weighted by Gasteiger charge is -2.15. The Hall–Kier alpha value is -1.02. The zero-order valence-electron chi connectivity index (χ0n) is 12.2. The van der Waals surface area contributed by atoms with E-state index in [1.165, 1.54) is 5.56 Å². The fourth-order valence-corrected chi connectivity index (χ4v) is 1.77. The van der Waals surface area contributed by atoms with Gasteiger partial charge in [-0.1, -0.05) is 39.8 Å². The SMILES string of the molecule is CCc1cccc(OCC(C)CNCC(C)C)c1. The molecule has 0 heterocycles. The van der Waals surface area contributed by atoms with Gasteiger partial charge in [0.05, 0.1) is 6.61 Å². The van der Waals surface area contributed by atoms with Crippen LogP contribution in [0.3, 0.4) is 0 Å². The van der Waals surface area contributed by atoms with Crippen molar-refractivity contribution in [1.29, 1.82) is 0 Å². The predicted molar refractivity (Wildman–Crippen MR) is 78.2 cm³/mol. The summed E-state index contributed by atoms with van der Waals surface area (Å²) >= 11 is 0. The lowest BCUT2D eigenvalue weighted by molar-refractivity contribution is 0.254. The summed E-state index contributed by atoms with van der Waals surface area (Å²) in [6.07, 6.45) is 1.06. The van der Waals surface area contributed by atoms with E-state index in [1.807, 2.05) is 6.07 Å². The molecule has 0 amide bonds. The van der Waals surface area contributed by atoms with Crippen molar-refractivity contribution in [3.05, 3.63) is 29.8 Å². The third-order valence-corrected chi connectivity index (χ3v) is 2.89. The van der Waals surface area contributed by atoms with E-state index < -0.39 is 0 Å². The lowest BCUT2D eigenvalue weighted by Crippen LogP contribution is -2.28. The largest absolute Gasteiger partial charge is 0.493 e. The second-order valence-electron chi connectivity index (χ2n) is 5.47. The first-order chi connectivity index (χ1) is 8.61. The molecule has 0 saturated carbocycles. The van der Waals surface area contributed by atoms with Crippen LogP contribution < -0.4 is 10.1 Å². The third-order valence-electron chi connectivity index (χ3n) is 2.89. The topological polar surface area (TPSA) is 21.3 Å². The van der Waals surface area contributed by atoms with E-state index in [9.17, 15) is 0 Å². The van der Waals surface area contributed by atoms with Crippen LogP contribution in [0.15, 0.2) is 24.3 Å². The molecule has 0 aromatic heterocycles. The van der Waals surface area contributed by atoms with E-state index in [2.05, 4.69) is 51.2 Å². The maximum atomic E-state index is 5.83. The average molecular weight is 249 g/mol. The molecule has 1 atom stereocenters. The van der Waals surface area contributed by atoms with Gasteiger partial charge in [0.2, 0.25) is 0 Å². The maximum Gasteiger partial charge on any atom is 0.119 e. The molecular weight excluding hydrogens is 222 g/mol. The summed E-state index contributed by atoms with van der Waals surface area (Å²) in [6, 6.07) is 8.37. The Morgan fingerprint density at radius 2 is 1.94 bits per heavy atom. The molecule has 0 radical (unpaired) electrons. The monoisotopic (exact) mass is 249 g/mol. The molecule has 1 unspecified atom stereocenters. The molecule has 0 fully saturated rings. The van der Waals surface area contributed by atoms with Gasteiger partial charge < -0.3 is 10.1 Å². The minimum atomic E-state index is 0.536. The van der Waals surface area contributed by atoms with Gasteiger partial charge in [-0.25, -0.2) is 0 Å². The summed E-state index contributed by atoms with van der Waals surface area (Å²) in [4.78, 5) is 0. The van der Waals surface area contributed by atoms with E-state index in [4.69, 9.17) is 4.74 Å². The Morgan fingerprint density at radius 1 is 1.17 bits per heavy atom. The molecule has 0 spiro atoms. The molecule has 102 valence electrons. The molecule has 0 aliphatic heterocycles. The van der Waals surface area contributed by atoms with Crippen molar-refractivity contribution in [1.82, 2.24) is 5.32 Å². The molecule has 1 N–H and O–H groups in total. The fourth-order valence-electron chi connectivity index (χ4n) is 1.77. The van der Waals surface area contributed by atoms with Crippen molar-refractivity contribution < 1.29 is 4.74 Å². The van der Waals surface area contributed by atoms with Gasteiger partial charge in [0, 0.05) is 12.5 Å². The van der Waals surface area contributed by atoms with Crippen LogP contribution in [0.1, 0.15) is 33.3 Å². The Morgan fingerprint density at radius 3 is 2.61 bits per heavy atom. The highest BCUT2D eigenvalue weighted by molar-refractivity contribution is 5.28. The summed E-state index contributed by atoms with van der Waals surface area (Å²) in [5.74, 6) is 2.23. The van der Waals surface area contributed by atoms with Crippen molar-refractivity contribution in [2.75, 3.05) is 19.7 Å². The first kappa shape index (κ1) is 15.0. The normalized spacial score (nSPS) is 12.7. The van der Waals surface area contributed by atoms with Crippen LogP contribution in [-0.4, -0.2) is 19.7 Å². The summed E-state index contributed by atoms with van der Waals surface area (Å²) in [7, 11) is 0. The zero-order chi connectivity index (χ0) is 13.4. The Bertz CT molecular complexity index is 336. The lowest BCUT2D eigenvalue weighted by atomic mass is 10.1. The fraction of sp³-hybridized carbons (Fsp3) is 0.625. The van der Waals surface area contributed by atoms with Crippen LogP contribution in [-0.2, 0) is 6.42 Å². The van der Waals surface area contributed by atoms with Gasteiger partial charge in [0.1, 0.15) is 5.75 Å². The van der Waals surface area contributed by atoms with Gasteiger partial charge in [-0.15, -0.1) is 0 Å². The standard InChI is InChI=1S/C16H27NO/c1-5-15-7-6-8-16(9-15)18-12-14(4)11-17-10-13(2)3/h6-9,13-14,17H,5,10-12H2,1-4H3. The van der Waals surface area contributed by atoms with E-state index in [0.29, 0.717) is 11.8 Å². The number of ether oxygens (including phenoxy) is 1. The summed E-state index contributed by atoms with van der Waals surface area (Å²) in [5.41, 5.74) is 1.33. The van der Waals surface area contributed by atoms with Crippen molar-refractivity contribution in [3.8, 4) is 5.75 Å². The Labute approximate surface area is 112 Å². The summed E-state index contributed by atoms with van der Waals surface area (Å²) in [5, 5.41) is 3.46. The molecule has 1 rings (SSSR count). The molecule has 2 nitrogen and oxygen atoms in total. The van der Waals surface area contributed by atoms with Gasteiger partial charge in [-0.3, -0.25) is 0 Å². The van der Waals surface area contributed by atoms with Gasteiger partial charge >= 0.3 is 0 Å². The minimum Gasteiger partial charge on any atom is -0.493 e. The van der Waals surface area contributed by atoms with Crippen molar-refractivity contribution >= 4 is 0 Å². The average Bonchev–Trinajstić information content (AvgIpc) is 2.36. The molecule has 0 aliphatic rings. The first-order valence-corrected chi connectivity index (χ1v) is 7.04. The highest BCUT2D eigenvalue weighted by Gasteiger charge is 2.04. The first-order valence-electron chi connectivity index (χ1n) is 7.04. The van der Waals surface area contributed by atoms with Gasteiger partial charge in [0.25, 0.3) is 0 Å². The maximum absolute atomic E-state index is 5.83. The summed E-state index contributed by atoms with van der Waals surface area (Å²) in [6.45, 7) is 11.7. The van der Waals surface area contributed by atoms with Crippen molar-refractivity contribution in [2.45, 2.75) is 34.1 Å². The van der Waals surface area contributed by atoms with Crippen LogP contribution in [0.25, 0.3) is 0 Å². The molecule has 0 saturated heterocycles. The van der Waals surface area contributed by atoms with Crippen LogP contribution in [0, 0.1) is 11.8 Å². The van der Waals surface area contributed by atoms with Crippen LogP contribution in [0.2, 0.25) is 0 Å². The highest BCUT2D eigenvalue weighted by Crippen LogP contribution is 2.14. The van der Waals surface area contributed by atoms with Crippen molar-refractivity contribution in [2.24, 2.45) is 11.8 Å². The summed E-state index contributed by atoms with van der Waals surface area (Å²) < 4.78 is 5.83. The van der Waals surface area contributed by atoms with Gasteiger partial charge in [-0.05, 0) is 36.6 Å². The van der Waals surface area contributed by atoms with E-state index in [-0.39, 0.29) is 0 Å². The molecule has 0 aliphatic carbocycles. The van der Waals surface area contributed by atoms with E-state index in [0.717, 1.165) is 31.9 Å². The number of aryl methyl sites for hydroxylation is 1. The smallest absolute Gasteiger partial charge is 0.119 e. The molecule has 2 heteroatoms. The number of hydrogen-bond acceptors (Lipinski definition) is 2. The Balaban J connectivity index is 2.26. The van der Waals surface area contributed by atoms with Crippen LogP contribution >= 0.6 is 0 Å². The Kier molecular flexibility index (Phi) is 6.81. The molecule has 1 aromatic carbocycles. The predicted octanol–water partition coefficient (Wildman–Crippen LogP) is 3.51. The van der Waals surface area contributed by atoms with Crippen molar-refractivity contribution in [3.63, 3.8) is 0 Å². The van der Waals surface area contributed by atoms with Gasteiger partial charge in [0.15, 0.2) is 0 Å². The molecule has 0 bridgehead atoms. The number of nitrogens with one attached hydrogen (secondary N) is 1. The molecular formula is C16H27NO. The molecule has 1 aromatic rings. The number of benzene rings is 1. The second-order valence-corrected chi connectivity index (χ2v) is 5.47. The number of rotatable bonds is 8. The quantitative estimate of drug-likeness (QED) is 0.761. The van der Waals surface area contributed by atoms with E-state index in [1.54, 1.807) is 0 Å². The minimum absolute atomic E-state index is 0.536. The van der Waals surface area contributed by atoms with E-state index >= 15 is 0 Å². The second kappa shape index (κ2) is 8.15.